The van der Waals surface area contributed by atoms with Crippen molar-refractivity contribution < 1.29 is 9.53 Å². The zero-order valence-corrected chi connectivity index (χ0v) is 9.75. The first-order valence-electron chi connectivity index (χ1n) is 4.79. The number of hydrogen-bond donors (Lipinski definition) is 2. The van der Waals surface area contributed by atoms with Crippen LogP contribution in [0.1, 0.15) is 13.8 Å². The lowest BCUT2D eigenvalue weighted by Crippen LogP contribution is -2.12. The number of benzene rings is 1. The maximum absolute atomic E-state index is 11.0. The van der Waals surface area contributed by atoms with Gasteiger partial charge in [0.25, 0.3) is 0 Å². The molecule has 0 heterocycles. The van der Waals surface area contributed by atoms with Crippen LogP contribution in [0.5, 0.6) is 5.75 Å². The molecule has 0 bridgehead atoms. The Morgan fingerprint density at radius 1 is 1.40 bits per heavy atom. The van der Waals surface area contributed by atoms with E-state index in [-0.39, 0.29) is 17.8 Å². The van der Waals surface area contributed by atoms with Gasteiger partial charge >= 0.3 is 0 Å². The van der Waals surface area contributed by atoms with Crippen LogP contribution in [0.25, 0.3) is 0 Å². The van der Waals surface area contributed by atoms with Gasteiger partial charge in [-0.05, 0) is 38.1 Å². The summed E-state index contributed by atoms with van der Waals surface area (Å²) < 4.78 is 5.47. The molecule has 1 rings (SSSR count). The lowest BCUT2D eigenvalue weighted by Gasteiger charge is -2.10. The first-order chi connectivity index (χ1) is 7.11. The smallest absolute Gasteiger partial charge is 0.234 e. The van der Waals surface area contributed by atoms with Crippen molar-refractivity contribution in [3.63, 3.8) is 0 Å². The molecule has 1 amide bonds. The quantitative estimate of drug-likeness (QED) is 0.772. The van der Waals surface area contributed by atoms with E-state index in [0.717, 1.165) is 11.4 Å². The molecule has 0 radical (unpaired) electrons. The minimum atomic E-state index is -0.115. The summed E-state index contributed by atoms with van der Waals surface area (Å²) in [4.78, 5) is 11.0. The van der Waals surface area contributed by atoms with Crippen molar-refractivity contribution in [3.05, 3.63) is 24.3 Å². The van der Waals surface area contributed by atoms with Crippen molar-refractivity contribution in [1.82, 2.24) is 0 Å². The lowest BCUT2D eigenvalue weighted by atomic mass is 10.3. The van der Waals surface area contributed by atoms with Crippen LogP contribution in [0.15, 0.2) is 24.3 Å². The Morgan fingerprint density at radius 2 is 2.00 bits per heavy atom. The van der Waals surface area contributed by atoms with Crippen molar-refractivity contribution in [2.75, 3.05) is 11.1 Å². The topological polar surface area (TPSA) is 38.3 Å². The predicted octanol–water partition coefficient (Wildman–Crippen LogP) is 2.34. The van der Waals surface area contributed by atoms with Crippen LogP contribution in [0.2, 0.25) is 0 Å². The number of rotatable bonds is 4. The van der Waals surface area contributed by atoms with Crippen LogP contribution in [-0.4, -0.2) is 17.8 Å². The molecule has 0 saturated heterocycles. The largest absolute Gasteiger partial charge is 0.491 e. The normalized spacial score (nSPS) is 10.1. The number of thiol groups is 1. The van der Waals surface area contributed by atoms with Crippen molar-refractivity contribution >= 4 is 24.2 Å². The highest BCUT2D eigenvalue weighted by molar-refractivity contribution is 7.81. The fourth-order valence-electron chi connectivity index (χ4n) is 1.09. The molecule has 0 aromatic heterocycles. The summed E-state index contributed by atoms with van der Waals surface area (Å²) in [5, 5.41) is 2.70. The second-order valence-electron chi connectivity index (χ2n) is 3.40. The molecule has 1 aromatic rings. The maximum Gasteiger partial charge on any atom is 0.234 e. The summed E-state index contributed by atoms with van der Waals surface area (Å²) in [6.45, 7) is 3.94. The van der Waals surface area contributed by atoms with E-state index < -0.39 is 0 Å². The third kappa shape index (κ3) is 4.25. The molecular formula is C11H15NO2S. The molecule has 0 spiro atoms. The minimum absolute atomic E-state index is 0.115. The minimum Gasteiger partial charge on any atom is -0.491 e. The highest BCUT2D eigenvalue weighted by Crippen LogP contribution is 2.16. The number of amides is 1. The average Bonchev–Trinajstić information content (AvgIpc) is 2.20. The summed E-state index contributed by atoms with van der Waals surface area (Å²) in [5.74, 6) is 0.870. The van der Waals surface area contributed by atoms with E-state index in [1.165, 1.54) is 0 Å². The summed E-state index contributed by atoms with van der Waals surface area (Å²) in [6.07, 6.45) is 0.155. The summed E-state index contributed by atoms with van der Waals surface area (Å²) in [5.41, 5.74) is 0.755. The van der Waals surface area contributed by atoms with Crippen LogP contribution in [-0.2, 0) is 4.79 Å². The molecule has 4 heteroatoms. The second kappa shape index (κ2) is 5.66. The SMILES string of the molecule is CC(C)Oc1ccc(NC(=O)CS)cc1. The van der Waals surface area contributed by atoms with Gasteiger partial charge in [-0.1, -0.05) is 0 Å². The van der Waals surface area contributed by atoms with E-state index in [0.29, 0.717) is 0 Å². The molecule has 0 aliphatic rings. The highest BCUT2D eigenvalue weighted by atomic mass is 32.1. The lowest BCUT2D eigenvalue weighted by molar-refractivity contribution is -0.113. The number of hydrogen-bond acceptors (Lipinski definition) is 3. The predicted molar refractivity (Wildman–Crippen MR) is 64.7 cm³/mol. The van der Waals surface area contributed by atoms with Crippen molar-refractivity contribution in [2.24, 2.45) is 0 Å². The van der Waals surface area contributed by atoms with Gasteiger partial charge in [0.15, 0.2) is 0 Å². The first-order valence-corrected chi connectivity index (χ1v) is 5.42. The van der Waals surface area contributed by atoms with Crippen LogP contribution in [0, 0.1) is 0 Å². The Balaban J connectivity index is 2.60. The zero-order chi connectivity index (χ0) is 11.3. The molecule has 3 nitrogen and oxygen atoms in total. The van der Waals surface area contributed by atoms with Gasteiger partial charge in [0.1, 0.15) is 5.75 Å². The van der Waals surface area contributed by atoms with Crippen molar-refractivity contribution in [2.45, 2.75) is 20.0 Å². The van der Waals surface area contributed by atoms with E-state index in [4.69, 9.17) is 4.74 Å². The number of carbonyl (C=O) groups is 1. The third-order valence-corrected chi connectivity index (χ3v) is 1.94. The molecule has 0 fully saturated rings. The average molecular weight is 225 g/mol. The molecule has 0 unspecified atom stereocenters. The highest BCUT2D eigenvalue weighted by Gasteiger charge is 2.00. The Hall–Kier alpha value is -1.16. The molecule has 15 heavy (non-hydrogen) atoms. The number of anilines is 1. The van der Waals surface area contributed by atoms with Crippen LogP contribution < -0.4 is 10.1 Å². The molecular weight excluding hydrogens is 210 g/mol. The summed E-state index contributed by atoms with van der Waals surface area (Å²) >= 11 is 3.87. The fourth-order valence-corrected chi connectivity index (χ4v) is 1.17. The van der Waals surface area contributed by atoms with E-state index in [1.54, 1.807) is 12.1 Å². The van der Waals surface area contributed by atoms with E-state index in [1.807, 2.05) is 26.0 Å². The Bertz CT molecular complexity index is 322. The Morgan fingerprint density at radius 3 is 2.47 bits per heavy atom. The molecule has 0 saturated carbocycles. The van der Waals surface area contributed by atoms with Crippen LogP contribution in [0.3, 0.4) is 0 Å². The van der Waals surface area contributed by atoms with Gasteiger partial charge in [0.05, 0.1) is 11.9 Å². The Kier molecular flexibility index (Phi) is 4.49. The van der Waals surface area contributed by atoms with Gasteiger partial charge in [0, 0.05) is 5.69 Å². The third-order valence-electron chi connectivity index (χ3n) is 1.65. The molecule has 0 aliphatic heterocycles. The Labute approximate surface area is 95.2 Å². The monoisotopic (exact) mass is 225 g/mol. The summed E-state index contributed by atoms with van der Waals surface area (Å²) in [6, 6.07) is 7.26. The maximum atomic E-state index is 11.0. The molecule has 82 valence electrons. The molecule has 0 atom stereocenters. The van der Waals surface area contributed by atoms with Gasteiger partial charge in [-0.25, -0.2) is 0 Å². The second-order valence-corrected chi connectivity index (χ2v) is 3.71. The molecule has 1 N–H and O–H groups in total. The van der Waals surface area contributed by atoms with E-state index in [9.17, 15) is 4.79 Å². The van der Waals surface area contributed by atoms with Crippen LogP contribution in [0.4, 0.5) is 5.69 Å². The van der Waals surface area contributed by atoms with E-state index >= 15 is 0 Å². The van der Waals surface area contributed by atoms with Gasteiger partial charge in [-0.15, -0.1) is 0 Å². The van der Waals surface area contributed by atoms with Crippen molar-refractivity contribution in [3.8, 4) is 5.75 Å². The van der Waals surface area contributed by atoms with Gasteiger partial charge in [-0.3, -0.25) is 4.79 Å². The van der Waals surface area contributed by atoms with E-state index in [2.05, 4.69) is 17.9 Å². The van der Waals surface area contributed by atoms with Crippen LogP contribution >= 0.6 is 12.6 Å². The standard InChI is InChI=1S/C11H15NO2S/c1-8(2)14-10-5-3-9(4-6-10)12-11(13)7-15/h3-6,8,15H,7H2,1-2H3,(H,12,13). The van der Waals surface area contributed by atoms with Gasteiger partial charge < -0.3 is 10.1 Å². The van der Waals surface area contributed by atoms with Gasteiger partial charge in [0.2, 0.25) is 5.91 Å². The zero-order valence-electron chi connectivity index (χ0n) is 8.86. The number of carbonyl (C=O) groups excluding carboxylic acids is 1. The fraction of sp³-hybridized carbons (Fsp3) is 0.364. The van der Waals surface area contributed by atoms with Gasteiger partial charge in [-0.2, -0.15) is 12.6 Å². The molecule has 1 aromatic carbocycles. The number of nitrogens with one attached hydrogen (secondary N) is 1. The number of ether oxygens (including phenoxy) is 1. The first kappa shape index (κ1) is 11.9. The summed E-state index contributed by atoms with van der Waals surface area (Å²) in [7, 11) is 0. The van der Waals surface area contributed by atoms with Crippen molar-refractivity contribution in [1.29, 1.82) is 0 Å². The molecule has 0 aliphatic carbocycles.